The minimum absolute atomic E-state index is 0.00468. The van der Waals surface area contributed by atoms with Crippen LogP contribution in [0.3, 0.4) is 0 Å². The number of Topliss-reactive ketones (excluding diaryl/α,β-unsaturated/α-hetero) is 1. The number of hydrogen-bond acceptors (Lipinski definition) is 7. The number of rotatable bonds is 18. The van der Waals surface area contributed by atoms with E-state index in [1.165, 1.54) is 0 Å². The second-order valence-electron chi connectivity index (χ2n) is 10.2. The molecule has 0 aliphatic carbocycles. The van der Waals surface area contributed by atoms with Gasteiger partial charge in [0.2, 0.25) is 0 Å². The molecule has 0 amide bonds. The molecule has 3 rings (SSSR count). The molecule has 1 aliphatic rings. The summed E-state index contributed by atoms with van der Waals surface area (Å²) >= 11 is 12.8. The van der Waals surface area contributed by atoms with Gasteiger partial charge < -0.3 is 19.1 Å². The Bertz CT molecular complexity index is 1210. The molecule has 0 aromatic heterocycles. The summed E-state index contributed by atoms with van der Waals surface area (Å²) in [5.41, 5.74) is 3.00. The number of benzene rings is 2. The van der Waals surface area contributed by atoms with Gasteiger partial charge in [-0.05, 0) is 67.3 Å². The third-order valence-electron chi connectivity index (χ3n) is 6.83. The lowest BCUT2D eigenvalue weighted by atomic mass is 9.85. The quantitative estimate of drug-likeness (QED) is 0.193. The molecule has 1 heterocycles. The van der Waals surface area contributed by atoms with Gasteiger partial charge in [0.15, 0.2) is 9.84 Å². The second-order valence-corrected chi connectivity index (χ2v) is 13.1. The SMILES string of the molecule is CCCC(=O)CCCOCCOCCOCCCS(=O)(=O)c1cccc(C2CN(C)Cc3c(Cl)cc(Cl)cc32)c1. The van der Waals surface area contributed by atoms with Gasteiger partial charge in [0.05, 0.1) is 37.1 Å². The van der Waals surface area contributed by atoms with Crippen molar-refractivity contribution < 1.29 is 27.4 Å². The lowest BCUT2D eigenvalue weighted by Gasteiger charge is -2.33. The van der Waals surface area contributed by atoms with Gasteiger partial charge in [-0.25, -0.2) is 8.42 Å². The fraction of sp³-hybridized carbons (Fsp3) is 0.567. The zero-order chi connectivity index (χ0) is 29.0. The van der Waals surface area contributed by atoms with Crippen molar-refractivity contribution in [3.05, 3.63) is 63.1 Å². The summed E-state index contributed by atoms with van der Waals surface area (Å²) in [5, 5.41) is 1.21. The largest absolute Gasteiger partial charge is 0.379 e. The van der Waals surface area contributed by atoms with Crippen LogP contribution in [-0.2, 0) is 35.4 Å². The Kier molecular flexibility index (Phi) is 13.9. The number of carbonyl (C=O) groups excluding carboxylic acids is 1. The summed E-state index contributed by atoms with van der Waals surface area (Å²) in [7, 11) is -1.44. The van der Waals surface area contributed by atoms with Gasteiger partial charge in [0.25, 0.3) is 0 Å². The van der Waals surface area contributed by atoms with E-state index in [9.17, 15) is 13.2 Å². The van der Waals surface area contributed by atoms with E-state index in [1.807, 2.05) is 26.1 Å². The van der Waals surface area contributed by atoms with Crippen molar-refractivity contribution >= 4 is 38.8 Å². The van der Waals surface area contributed by atoms with Gasteiger partial charge in [0, 0.05) is 55.1 Å². The summed E-state index contributed by atoms with van der Waals surface area (Å²) in [6, 6.07) is 10.9. The van der Waals surface area contributed by atoms with Crippen molar-refractivity contribution in [2.45, 2.75) is 56.4 Å². The van der Waals surface area contributed by atoms with Crippen molar-refractivity contribution in [2.24, 2.45) is 0 Å². The monoisotopic (exact) mass is 613 g/mol. The highest BCUT2D eigenvalue weighted by molar-refractivity contribution is 7.91. The number of sulfone groups is 1. The maximum absolute atomic E-state index is 13.1. The molecule has 0 fully saturated rings. The minimum atomic E-state index is -3.46. The normalized spacial score (nSPS) is 15.8. The van der Waals surface area contributed by atoms with Crippen molar-refractivity contribution in [1.29, 1.82) is 0 Å². The van der Waals surface area contributed by atoms with Crippen LogP contribution in [0, 0.1) is 0 Å². The van der Waals surface area contributed by atoms with Crippen LogP contribution in [0.4, 0.5) is 0 Å². The van der Waals surface area contributed by atoms with Gasteiger partial charge in [-0.3, -0.25) is 4.79 Å². The van der Waals surface area contributed by atoms with Gasteiger partial charge in [0.1, 0.15) is 5.78 Å². The van der Waals surface area contributed by atoms with Crippen molar-refractivity contribution in [2.75, 3.05) is 59.0 Å². The number of nitrogens with zero attached hydrogens (tertiary/aromatic N) is 1. The zero-order valence-electron chi connectivity index (χ0n) is 23.5. The van der Waals surface area contributed by atoms with Gasteiger partial charge in [-0.1, -0.05) is 42.3 Å². The number of hydrogen-bond donors (Lipinski definition) is 0. The Morgan fingerprint density at radius 1 is 0.950 bits per heavy atom. The molecule has 2 aromatic carbocycles. The highest BCUT2D eigenvalue weighted by atomic mass is 35.5. The van der Waals surface area contributed by atoms with Gasteiger partial charge in [-0.15, -0.1) is 0 Å². The molecule has 0 spiro atoms. The topological polar surface area (TPSA) is 82.1 Å². The van der Waals surface area contributed by atoms with E-state index in [1.54, 1.807) is 24.3 Å². The summed E-state index contributed by atoms with van der Waals surface area (Å²) in [6.07, 6.45) is 3.24. The van der Waals surface area contributed by atoms with Crippen molar-refractivity contribution in [1.82, 2.24) is 4.90 Å². The third-order valence-corrected chi connectivity index (χ3v) is 9.18. The van der Waals surface area contributed by atoms with Crippen LogP contribution in [0.15, 0.2) is 41.3 Å². The van der Waals surface area contributed by atoms with Crippen LogP contribution in [-0.4, -0.2) is 78.1 Å². The molecule has 0 bridgehead atoms. The van der Waals surface area contributed by atoms with E-state index in [0.29, 0.717) is 73.8 Å². The van der Waals surface area contributed by atoms with E-state index in [-0.39, 0.29) is 17.5 Å². The summed E-state index contributed by atoms with van der Waals surface area (Å²) < 4.78 is 42.6. The first kappa shape index (κ1) is 33.0. The van der Waals surface area contributed by atoms with E-state index < -0.39 is 9.84 Å². The number of likely N-dealkylation sites (N-methyl/N-ethyl adjacent to an activating group) is 1. The average molecular weight is 615 g/mol. The Morgan fingerprint density at radius 2 is 1.62 bits per heavy atom. The summed E-state index contributed by atoms with van der Waals surface area (Å²) in [5.74, 6) is 0.268. The highest BCUT2D eigenvalue weighted by Gasteiger charge is 2.28. The van der Waals surface area contributed by atoms with E-state index in [0.717, 1.165) is 42.6 Å². The predicted molar refractivity (Wildman–Crippen MR) is 159 cm³/mol. The standard InChI is InChI=1S/C30H41Cl2NO6S/c1-3-7-25(34)9-5-11-37-13-15-39-16-14-38-12-6-17-40(35,36)26-10-4-8-23(18-26)28-21-33(2)22-29-27(28)19-24(31)20-30(29)32/h4,8,10,18-20,28H,3,5-7,9,11-17,21-22H2,1-2H3. The molecule has 0 saturated heterocycles. The number of ether oxygens (including phenoxy) is 3. The predicted octanol–water partition coefficient (Wildman–Crippen LogP) is 5.93. The minimum Gasteiger partial charge on any atom is -0.379 e. The van der Waals surface area contributed by atoms with Crippen LogP contribution in [0.5, 0.6) is 0 Å². The summed E-state index contributed by atoms with van der Waals surface area (Å²) in [6.45, 7) is 6.10. The molecule has 7 nitrogen and oxygen atoms in total. The van der Waals surface area contributed by atoms with Crippen LogP contribution in [0.25, 0.3) is 0 Å². The van der Waals surface area contributed by atoms with Crippen molar-refractivity contribution in [3.8, 4) is 0 Å². The molecule has 1 aliphatic heterocycles. The fourth-order valence-electron chi connectivity index (χ4n) is 4.84. The first-order valence-electron chi connectivity index (χ1n) is 13.9. The fourth-order valence-corrected chi connectivity index (χ4v) is 6.75. The van der Waals surface area contributed by atoms with E-state index in [2.05, 4.69) is 4.90 Å². The van der Waals surface area contributed by atoms with Gasteiger partial charge in [-0.2, -0.15) is 0 Å². The summed E-state index contributed by atoms with van der Waals surface area (Å²) in [4.78, 5) is 13.9. The molecule has 2 aromatic rings. The molecule has 0 saturated carbocycles. The molecule has 1 atom stereocenters. The van der Waals surface area contributed by atoms with Crippen LogP contribution >= 0.6 is 23.2 Å². The third kappa shape index (κ3) is 10.4. The number of ketones is 1. The Labute approximate surface area is 249 Å². The Hall–Kier alpha value is -1.52. The van der Waals surface area contributed by atoms with Crippen molar-refractivity contribution in [3.63, 3.8) is 0 Å². The van der Waals surface area contributed by atoms with Crippen LogP contribution < -0.4 is 0 Å². The molecule has 0 radical (unpaired) electrons. The van der Waals surface area contributed by atoms with E-state index >= 15 is 0 Å². The molecular weight excluding hydrogens is 573 g/mol. The zero-order valence-corrected chi connectivity index (χ0v) is 25.8. The number of carbonyl (C=O) groups is 1. The lowest BCUT2D eigenvalue weighted by Crippen LogP contribution is -2.31. The molecular formula is C30H41Cl2NO6S. The highest BCUT2D eigenvalue weighted by Crippen LogP contribution is 2.38. The van der Waals surface area contributed by atoms with Gasteiger partial charge >= 0.3 is 0 Å². The maximum Gasteiger partial charge on any atom is 0.178 e. The Morgan fingerprint density at radius 3 is 2.33 bits per heavy atom. The molecule has 1 unspecified atom stereocenters. The lowest BCUT2D eigenvalue weighted by molar-refractivity contribution is -0.119. The number of fused-ring (bicyclic) bond motifs is 1. The smallest absolute Gasteiger partial charge is 0.178 e. The average Bonchev–Trinajstić information content (AvgIpc) is 2.91. The second kappa shape index (κ2) is 16.8. The molecule has 0 N–H and O–H groups in total. The molecule has 40 heavy (non-hydrogen) atoms. The first-order valence-corrected chi connectivity index (χ1v) is 16.4. The first-order chi connectivity index (χ1) is 19.2. The molecule has 222 valence electrons. The van der Waals surface area contributed by atoms with Crippen LogP contribution in [0.1, 0.15) is 61.6 Å². The molecule has 10 heteroatoms. The number of halogens is 2. The van der Waals surface area contributed by atoms with E-state index in [4.69, 9.17) is 37.4 Å². The Balaban J connectivity index is 1.38. The maximum atomic E-state index is 13.1. The van der Waals surface area contributed by atoms with Crippen LogP contribution in [0.2, 0.25) is 10.0 Å².